The van der Waals surface area contributed by atoms with E-state index >= 15 is 0 Å². The lowest BCUT2D eigenvalue weighted by atomic mass is 10.1. The molecule has 2 rings (SSSR count). The number of hydrogen-bond donors (Lipinski definition) is 0. The van der Waals surface area contributed by atoms with Crippen molar-refractivity contribution < 1.29 is 14.3 Å². The Labute approximate surface area is 142 Å². The van der Waals surface area contributed by atoms with E-state index in [-0.39, 0.29) is 5.91 Å². The molecule has 0 aliphatic rings. The molecule has 2 aromatic rings. The van der Waals surface area contributed by atoms with Gasteiger partial charge in [0.1, 0.15) is 11.5 Å². The van der Waals surface area contributed by atoms with Gasteiger partial charge in [0, 0.05) is 37.6 Å². The molecule has 126 valence electrons. The average Bonchev–Trinajstić information content (AvgIpc) is 2.64. The normalized spacial score (nSPS) is 10.6. The van der Waals surface area contributed by atoms with Crippen molar-refractivity contribution in [1.29, 1.82) is 0 Å². The van der Waals surface area contributed by atoms with E-state index in [9.17, 15) is 4.79 Å². The quantitative estimate of drug-likeness (QED) is 0.734. The van der Waals surface area contributed by atoms with E-state index in [0.29, 0.717) is 18.0 Å². The molecule has 0 N–H and O–H groups in total. The highest BCUT2D eigenvalue weighted by molar-refractivity contribution is 5.92. The first-order chi connectivity index (χ1) is 11.6. The van der Waals surface area contributed by atoms with Crippen LogP contribution in [0.15, 0.2) is 48.8 Å². The Morgan fingerprint density at radius 2 is 1.92 bits per heavy atom. The summed E-state index contributed by atoms with van der Waals surface area (Å²) in [7, 11) is 4.99. The number of nitrogens with zero attached hydrogens (tertiary/aromatic N) is 2. The van der Waals surface area contributed by atoms with Crippen LogP contribution in [0.3, 0.4) is 0 Å². The fourth-order valence-corrected chi connectivity index (χ4v) is 2.21. The van der Waals surface area contributed by atoms with Gasteiger partial charge >= 0.3 is 0 Å². The van der Waals surface area contributed by atoms with Gasteiger partial charge in [-0.25, -0.2) is 0 Å². The standard InChI is InChI=1S/C19H22N2O3/c1-21(13-10-15-8-11-20-12-9-15)19(22)7-4-16-14-17(23-2)5-6-18(16)24-3/h4-9,11-12,14H,10,13H2,1-3H3/b7-4+. The van der Waals surface area contributed by atoms with Crippen LogP contribution in [-0.4, -0.2) is 43.6 Å². The van der Waals surface area contributed by atoms with Crippen LogP contribution in [0.25, 0.3) is 6.08 Å². The number of pyridine rings is 1. The Kier molecular flexibility index (Phi) is 6.37. The second-order valence-corrected chi connectivity index (χ2v) is 5.31. The van der Waals surface area contributed by atoms with Crippen LogP contribution in [0.1, 0.15) is 11.1 Å². The SMILES string of the molecule is COc1ccc(OC)c(/C=C/C(=O)N(C)CCc2ccncc2)c1. The van der Waals surface area contributed by atoms with E-state index in [0.717, 1.165) is 17.5 Å². The highest BCUT2D eigenvalue weighted by Crippen LogP contribution is 2.25. The van der Waals surface area contributed by atoms with Gasteiger partial charge in [0.25, 0.3) is 0 Å². The first-order valence-corrected chi connectivity index (χ1v) is 7.68. The molecule has 0 unspecified atom stereocenters. The summed E-state index contributed by atoms with van der Waals surface area (Å²) in [5, 5.41) is 0. The Morgan fingerprint density at radius 1 is 1.17 bits per heavy atom. The fraction of sp³-hybridized carbons (Fsp3) is 0.263. The predicted octanol–water partition coefficient (Wildman–Crippen LogP) is 2.81. The minimum absolute atomic E-state index is 0.0612. The van der Waals surface area contributed by atoms with Crippen LogP contribution < -0.4 is 9.47 Å². The maximum absolute atomic E-state index is 12.2. The van der Waals surface area contributed by atoms with E-state index in [4.69, 9.17) is 9.47 Å². The Morgan fingerprint density at radius 3 is 2.58 bits per heavy atom. The summed E-state index contributed by atoms with van der Waals surface area (Å²) in [5.41, 5.74) is 1.95. The average molecular weight is 326 g/mol. The van der Waals surface area contributed by atoms with E-state index in [2.05, 4.69) is 4.98 Å². The van der Waals surface area contributed by atoms with Crippen molar-refractivity contribution in [3.8, 4) is 11.5 Å². The molecule has 0 saturated carbocycles. The van der Waals surface area contributed by atoms with Crippen molar-refractivity contribution in [3.05, 3.63) is 59.9 Å². The number of aromatic nitrogens is 1. The van der Waals surface area contributed by atoms with E-state index in [1.807, 2.05) is 30.3 Å². The highest BCUT2D eigenvalue weighted by Gasteiger charge is 2.07. The number of amides is 1. The Hall–Kier alpha value is -2.82. The molecule has 0 bridgehead atoms. The van der Waals surface area contributed by atoms with Gasteiger partial charge in [-0.15, -0.1) is 0 Å². The third kappa shape index (κ3) is 4.84. The number of hydrogen-bond acceptors (Lipinski definition) is 4. The van der Waals surface area contributed by atoms with E-state index < -0.39 is 0 Å². The minimum Gasteiger partial charge on any atom is -0.497 e. The summed E-state index contributed by atoms with van der Waals surface area (Å²) in [5.74, 6) is 1.35. The molecule has 5 heteroatoms. The molecule has 1 heterocycles. The molecule has 1 aromatic carbocycles. The summed E-state index contributed by atoms with van der Waals surface area (Å²) in [6.45, 7) is 0.641. The third-order valence-electron chi connectivity index (χ3n) is 3.70. The zero-order chi connectivity index (χ0) is 17.4. The minimum atomic E-state index is -0.0612. The summed E-state index contributed by atoms with van der Waals surface area (Å²) >= 11 is 0. The molecule has 5 nitrogen and oxygen atoms in total. The molecule has 0 saturated heterocycles. The van der Waals surface area contributed by atoms with Crippen LogP contribution in [0, 0.1) is 0 Å². The summed E-state index contributed by atoms with van der Waals surface area (Å²) in [6.07, 6.45) is 7.59. The lowest BCUT2D eigenvalue weighted by Crippen LogP contribution is -2.27. The zero-order valence-electron chi connectivity index (χ0n) is 14.2. The first-order valence-electron chi connectivity index (χ1n) is 7.68. The first kappa shape index (κ1) is 17.5. The van der Waals surface area contributed by atoms with Crippen molar-refractivity contribution in [2.75, 3.05) is 27.8 Å². The third-order valence-corrected chi connectivity index (χ3v) is 3.70. The summed E-state index contributed by atoms with van der Waals surface area (Å²) < 4.78 is 10.5. The number of carbonyl (C=O) groups excluding carboxylic acids is 1. The molecule has 0 aliphatic heterocycles. The van der Waals surface area contributed by atoms with Crippen molar-refractivity contribution in [2.24, 2.45) is 0 Å². The second kappa shape index (κ2) is 8.72. The van der Waals surface area contributed by atoms with Crippen LogP contribution in [0.5, 0.6) is 11.5 Å². The molecule has 0 atom stereocenters. The number of ether oxygens (including phenoxy) is 2. The molecule has 24 heavy (non-hydrogen) atoms. The monoisotopic (exact) mass is 326 g/mol. The zero-order valence-corrected chi connectivity index (χ0v) is 14.2. The van der Waals surface area contributed by atoms with Gasteiger partial charge < -0.3 is 14.4 Å². The van der Waals surface area contributed by atoms with E-state index in [1.165, 1.54) is 0 Å². The fourth-order valence-electron chi connectivity index (χ4n) is 2.21. The van der Waals surface area contributed by atoms with Gasteiger partial charge in [0.2, 0.25) is 5.91 Å². The van der Waals surface area contributed by atoms with Gasteiger partial charge in [-0.1, -0.05) is 0 Å². The van der Waals surface area contributed by atoms with Crippen LogP contribution in [0.4, 0.5) is 0 Å². The smallest absolute Gasteiger partial charge is 0.246 e. The predicted molar refractivity (Wildman–Crippen MR) is 94.2 cm³/mol. The summed E-state index contributed by atoms with van der Waals surface area (Å²) in [4.78, 5) is 17.9. The number of carbonyl (C=O) groups is 1. The van der Waals surface area contributed by atoms with Gasteiger partial charge in [0.05, 0.1) is 14.2 Å². The topological polar surface area (TPSA) is 51.7 Å². The second-order valence-electron chi connectivity index (χ2n) is 5.31. The molecular formula is C19H22N2O3. The molecule has 1 amide bonds. The number of likely N-dealkylation sites (N-methyl/N-ethyl adjacent to an activating group) is 1. The number of benzene rings is 1. The summed E-state index contributed by atoms with van der Waals surface area (Å²) in [6, 6.07) is 9.37. The van der Waals surface area contributed by atoms with Crippen LogP contribution in [-0.2, 0) is 11.2 Å². The molecule has 0 radical (unpaired) electrons. The largest absolute Gasteiger partial charge is 0.497 e. The van der Waals surface area contributed by atoms with Crippen LogP contribution in [0.2, 0.25) is 0 Å². The van der Waals surface area contributed by atoms with Gasteiger partial charge in [0.15, 0.2) is 0 Å². The molecule has 0 spiro atoms. The lowest BCUT2D eigenvalue weighted by molar-refractivity contribution is -0.124. The van der Waals surface area contributed by atoms with Crippen molar-refractivity contribution in [3.63, 3.8) is 0 Å². The van der Waals surface area contributed by atoms with Crippen molar-refractivity contribution in [2.45, 2.75) is 6.42 Å². The van der Waals surface area contributed by atoms with Gasteiger partial charge in [-0.3, -0.25) is 9.78 Å². The van der Waals surface area contributed by atoms with Crippen LogP contribution >= 0.6 is 0 Å². The maximum atomic E-state index is 12.2. The van der Waals surface area contributed by atoms with Crippen molar-refractivity contribution >= 4 is 12.0 Å². The highest BCUT2D eigenvalue weighted by atomic mass is 16.5. The molecular weight excluding hydrogens is 304 g/mol. The van der Waals surface area contributed by atoms with E-state index in [1.54, 1.807) is 50.7 Å². The number of methoxy groups -OCH3 is 2. The Balaban J connectivity index is 1.99. The molecule has 1 aromatic heterocycles. The number of rotatable bonds is 7. The van der Waals surface area contributed by atoms with Gasteiger partial charge in [-0.2, -0.15) is 0 Å². The molecule has 0 fully saturated rings. The lowest BCUT2D eigenvalue weighted by Gasteiger charge is -2.15. The van der Waals surface area contributed by atoms with Crippen molar-refractivity contribution in [1.82, 2.24) is 9.88 Å². The maximum Gasteiger partial charge on any atom is 0.246 e. The molecule has 0 aliphatic carbocycles. The Bertz CT molecular complexity index is 699. The van der Waals surface area contributed by atoms with Gasteiger partial charge in [-0.05, 0) is 48.4 Å².